The average molecular weight is 393 g/mol. The summed E-state index contributed by atoms with van der Waals surface area (Å²) in [6, 6.07) is 6.02. The van der Waals surface area contributed by atoms with Gasteiger partial charge in [-0.3, -0.25) is 4.90 Å². The Morgan fingerprint density at radius 3 is 2.71 bits per heavy atom. The SMILES string of the molecule is COc1cccc(CN(C)CC2CCCC2)c1OC[C@@H](O)CN1CCOCC1. The van der Waals surface area contributed by atoms with E-state index in [-0.39, 0.29) is 6.61 Å². The van der Waals surface area contributed by atoms with Crippen LogP contribution in [-0.2, 0) is 11.3 Å². The molecular weight excluding hydrogens is 356 g/mol. The zero-order valence-electron chi connectivity index (χ0n) is 17.4. The Morgan fingerprint density at radius 2 is 2.00 bits per heavy atom. The van der Waals surface area contributed by atoms with Crippen LogP contribution in [0.1, 0.15) is 31.2 Å². The number of rotatable bonds is 10. The Bertz CT molecular complexity index is 586. The van der Waals surface area contributed by atoms with Gasteiger partial charge in [0.2, 0.25) is 0 Å². The van der Waals surface area contributed by atoms with E-state index in [0.717, 1.165) is 62.4 Å². The molecule has 6 heteroatoms. The minimum Gasteiger partial charge on any atom is -0.493 e. The van der Waals surface area contributed by atoms with E-state index in [1.165, 1.54) is 25.7 Å². The third-order valence-corrected chi connectivity index (χ3v) is 5.76. The third kappa shape index (κ3) is 6.34. The van der Waals surface area contributed by atoms with Crippen LogP contribution in [0.2, 0.25) is 0 Å². The molecule has 28 heavy (non-hydrogen) atoms. The monoisotopic (exact) mass is 392 g/mol. The highest BCUT2D eigenvalue weighted by molar-refractivity contribution is 5.46. The molecule has 0 spiro atoms. The van der Waals surface area contributed by atoms with E-state index in [4.69, 9.17) is 14.2 Å². The molecule has 2 aliphatic rings. The smallest absolute Gasteiger partial charge is 0.165 e. The highest BCUT2D eigenvalue weighted by atomic mass is 16.5. The second-order valence-corrected chi connectivity index (χ2v) is 8.17. The lowest BCUT2D eigenvalue weighted by Crippen LogP contribution is -2.42. The zero-order chi connectivity index (χ0) is 19.8. The van der Waals surface area contributed by atoms with Crippen molar-refractivity contribution in [1.82, 2.24) is 9.80 Å². The summed E-state index contributed by atoms with van der Waals surface area (Å²) < 4.78 is 17.0. The fourth-order valence-corrected chi connectivity index (χ4v) is 4.31. The van der Waals surface area contributed by atoms with Gasteiger partial charge in [0.15, 0.2) is 11.5 Å². The van der Waals surface area contributed by atoms with E-state index in [2.05, 4.69) is 22.9 Å². The molecule has 1 saturated heterocycles. The van der Waals surface area contributed by atoms with Crippen LogP contribution in [0.5, 0.6) is 11.5 Å². The van der Waals surface area contributed by atoms with Crippen molar-refractivity contribution in [2.45, 2.75) is 38.3 Å². The first-order chi connectivity index (χ1) is 13.7. The molecular formula is C22H36N2O4. The molecule has 0 amide bonds. The van der Waals surface area contributed by atoms with Crippen LogP contribution in [0.25, 0.3) is 0 Å². The molecule has 1 aliphatic carbocycles. The average Bonchev–Trinajstić information content (AvgIpc) is 3.20. The number of nitrogens with zero attached hydrogens (tertiary/aromatic N) is 2. The standard InChI is InChI=1S/C22H36N2O4/c1-23(14-18-6-3-4-7-18)15-19-8-5-9-21(26-2)22(19)28-17-20(25)16-24-10-12-27-13-11-24/h5,8-9,18,20,25H,3-4,6-7,10-17H2,1-2H3/t20-/m0/s1. The molecule has 6 nitrogen and oxygen atoms in total. The summed E-state index contributed by atoms with van der Waals surface area (Å²) in [6.45, 7) is 6.01. The van der Waals surface area contributed by atoms with Gasteiger partial charge in [0.25, 0.3) is 0 Å². The molecule has 2 fully saturated rings. The summed E-state index contributed by atoms with van der Waals surface area (Å²) in [5.74, 6) is 2.30. The molecule has 0 bridgehead atoms. The van der Waals surface area contributed by atoms with Gasteiger partial charge in [-0.25, -0.2) is 0 Å². The van der Waals surface area contributed by atoms with E-state index < -0.39 is 6.10 Å². The van der Waals surface area contributed by atoms with Crippen LogP contribution in [-0.4, -0.2) is 81.2 Å². The topological polar surface area (TPSA) is 54.4 Å². The lowest BCUT2D eigenvalue weighted by Gasteiger charge is -2.28. The summed E-state index contributed by atoms with van der Waals surface area (Å²) in [7, 11) is 3.84. The number of morpholine rings is 1. The number of hydrogen-bond acceptors (Lipinski definition) is 6. The Kier molecular flexibility index (Phi) is 8.40. The maximum atomic E-state index is 10.4. The lowest BCUT2D eigenvalue weighted by molar-refractivity contribution is 0.00431. The van der Waals surface area contributed by atoms with Gasteiger partial charge in [-0.15, -0.1) is 0 Å². The maximum absolute atomic E-state index is 10.4. The second kappa shape index (κ2) is 11.0. The number of benzene rings is 1. The Hall–Kier alpha value is -1.34. The molecule has 1 saturated carbocycles. The lowest BCUT2D eigenvalue weighted by atomic mass is 10.1. The second-order valence-electron chi connectivity index (χ2n) is 8.17. The van der Waals surface area contributed by atoms with Crippen LogP contribution < -0.4 is 9.47 Å². The van der Waals surface area contributed by atoms with Crippen LogP contribution in [0.4, 0.5) is 0 Å². The van der Waals surface area contributed by atoms with Gasteiger partial charge >= 0.3 is 0 Å². The number of ether oxygens (including phenoxy) is 3. The quantitative estimate of drug-likeness (QED) is 0.660. The summed E-state index contributed by atoms with van der Waals surface area (Å²) in [5, 5.41) is 10.4. The van der Waals surface area contributed by atoms with E-state index in [1.54, 1.807) is 7.11 Å². The number of para-hydroxylation sites is 1. The highest BCUT2D eigenvalue weighted by Crippen LogP contribution is 2.33. The Labute approximate surface area is 169 Å². The van der Waals surface area contributed by atoms with Crippen LogP contribution in [0.3, 0.4) is 0 Å². The highest BCUT2D eigenvalue weighted by Gasteiger charge is 2.20. The minimum absolute atomic E-state index is 0.261. The predicted octanol–water partition coefficient (Wildman–Crippen LogP) is 2.39. The van der Waals surface area contributed by atoms with Crippen molar-refractivity contribution < 1.29 is 19.3 Å². The Balaban J connectivity index is 1.56. The predicted molar refractivity (Wildman–Crippen MR) is 110 cm³/mol. The zero-order valence-corrected chi connectivity index (χ0v) is 17.4. The molecule has 1 N–H and O–H groups in total. The molecule has 0 aromatic heterocycles. The fraction of sp³-hybridized carbons (Fsp3) is 0.727. The van der Waals surface area contributed by atoms with E-state index >= 15 is 0 Å². The van der Waals surface area contributed by atoms with Crippen molar-refractivity contribution in [3.63, 3.8) is 0 Å². The number of β-amino-alcohol motifs (C(OH)–C–C–N with tert-alkyl or cyclic N) is 1. The van der Waals surface area contributed by atoms with Crippen molar-refractivity contribution >= 4 is 0 Å². The van der Waals surface area contributed by atoms with Crippen LogP contribution in [0.15, 0.2) is 18.2 Å². The first kappa shape index (κ1) is 21.4. The molecule has 1 heterocycles. The van der Waals surface area contributed by atoms with E-state index in [0.29, 0.717) is 6.54 Å². The summed E-state index contributed by atoms with van der Waals surface area (Å²) in [5.41, 5.74) is 1.11. The number of aliphatic hydroxyl groups excluding tert-OH is 1. The van der Waals surface area contributed by atoms with Crippen molar-refractivity contribution in [3.8, 4) is 11.5 Å². The van der Waals surface area contributed by atoms with E-state index in [9.17, 15) is 5.11 Å². The van der Waals surface area contributed by atoms with Crippen LogP contribution in [0, 0.1) is 5.92 Å². The van der Waals surface area contributed by atoms with Gasteiger partial charge in [-0.05, 0) is 31.9 Å². The number of aliphatic hydroxyl groups is 1. The first-order valence-corrected chi connectivity index (χ1v) is 10.6. The summed E-state index contributed by atoms with van der Waals surface area (Å²) >= 11 is 0. The van der Waals surface area contributed by atoms with Gasteiger partial charge < -0.3 is 24.2 Å². The Morgan fingerprint density at radius 1 is 1.25 bits per heavy atom. The largest absolute Gasteiger partial charge is 0.493 e. The number of hydrogen-bond donors (Lipinski definition) is 1. The molecule has 158 valence electrons. The first-order valence-electron chi connectivity index (χ1n) is 10.6. The fourth-order valence-electron chi connectivity index (χ4n) is 4.31. The molecule has 1 aromatic rings. The molecule has 1 atom stereocenters. The third-order valence-electron chi connectivity index (χ3n) is 5.76. The molecule has 0 unspecified atom stereocenters. The van der Waals surface area contributed by atoms with Gasteiger partial charge in [0, 0.05) is 38.3 Å². The van der Waals surface area contributed by atoms with Crippen molar-refractivity contribution in [1.29, 1.82) is 0 Å². The minimum atomic E-state index is -0.535. The maximum Gasteiger partial charge on any atom is 0.165 e. The molecule has 0 radical (unpaired) electrons. The van der Waals surface area contributed by atoms with Crippen molar-refractivity contribution in [2.75, 3.05) is 60.2 Å². The summed E-state index contributed by atoms with van der Waals surface area (Å²) in [4.78, 5) is 4.60. The van der Waals surface area contributed by atoms with Gasteiger partial charge in [0.05, 0.1) is 20.3 Å². The molecule has 1 aliphatic heterocycles. The van der Waals surface area contributed by atoms with E-state index in [1.807, 2.05) is 12.1 Å². The van der Waals surface area contributed by atoms with Crippen molar-refractivity contribution in [3.05, 3.63) is 23.8 Å². The molecule has 3 rings (SSSR count). The van der Waals surface area contributed by atoms with Crippen molar-refractivity contribution in [2.24, 2.45) is 5.92 Å². The number of methoxy groups -OCH3 is 1. The molecule has 1 aromatic carbocycles. The van der Waals surface area contributed by atoms with Gasteiger partial charge in [-0.1, -0.05) is 25.0 Å². The van der Waals surface area contributed by atoms with Gasteiger partial charge in [0.1, 0.15) is 12.7 Å². The normalized spacial score (nSPS) is 19.9. The van der Waals surface area contributed by atoms with Gasteiger partial charge in [-0.2, -0.15) is 0 Å². The van der Waals surface area contributed by atoms with Crippen LogP contribution >= 0.6 is 0 Å². The summed E-state index contributed by atoms with van der Waals surface area (Å²) in [6.07, 6.45) is 4.89.